The van der Waals surface area contributed by atoms with Crippen LogP contribution in [0.5, 0.6) is 0 Å². The highest BCUT2D eigenvalue weighted by Gasteiger charge is 2.25. The van der Waals surface area contributed by atoms with E-state index in [-0.39, 0.29) is 6.04 Å². The molecule has 1 unspecified atom stereocenters. The van der Waals surface area contributed by atoms with Gasteiger partial charge in [-0.05, 0) is 31.0 Å². The summed E-state index contributed by atoms with van der Waals surface area (Å²) in [5.74, 6) is 1.18. The number of thioether (sulfide) groups is 1. The molecule has 1 aliphatic heterocycles. The van der Waals surface area contributed by atoms with Crippen molar-refractivity contribution < 1.29 is 0 Å². The molecule has 1 fully saturated rings. The molecule has 2 rings (SSSR count). The van der Waals surface area contributed by atoms with Gasteiger partial charge in [-0.3, -0.25) is 0 Å². The van der Waals surface area contributed by atoms with Gasteiger partial charge in [0, 0.05) is 39.8 Å². The minimum absolute atomic E-state index is 0.0759. The number of rotatable bonds is 2. The van der Waals surface area contributed by atoms with Gasteiger partial charge in [0.1, 0.15) is 0 Å². The SMILES string of the molecule is CC(N)c1ccc(Br)cc1N1CCSC(C)(C)CC1. The van der Waals surface area contributed by atoms with Crippen molar-refractivity contribution in [1.29, 1.82) is 0 Å². The maximum absolute atomic E-state index is 6.12. The third-order valence-corrected chi connectivity index (χ3v) is 5.53. The van der Waals surface area contributed by atoms with E-state index in [0.29, 0.717) is 4.75 Å². The van der Waals surface area contributed by atoms with Gasteiger partial charge in [0.05, 0.1) is 0 Å². The fourth-order valence-corrected chi connectivity index (χ4v) is 3.89. The molecule has 2 N–H and O–H groups in total. The van der Waals surface area contributed by atoms with Crippen LogP contribution >= 0.6 is 27.7 Å². The zero-order valence-electron chi connectivity index (χ0n) is 11.9. The van der Waals surface area contributed by atoms with Crippen LogP contribution in [0.3, 0.4) is 0 Å². The largest absolute Gasteiger partial charge is 0.370 e. The molecule has 0 aliphatic carbocycles. The van der Waals surface area contributed by atoms with Crippen LogP contribution in [0, 0.1) is 0 Å². The molecule has 0 aromatic heterocycles. The zero-order chi connectivity index (χ0) is 14.0. The number of anilines is 1. The van der Waals surface area contributed by atoms with Crippen LogP contribution in [0.4, 0.5) is 5.69 Å². The summed E-state index contributed by atoms with van der Waals surface area (Å²) in [6.45, 7) is 8.95. The van der Waals surface area contributed by atoms with E-state index >= 15 is 0 Å². The van der Waals surface area contributed by atoms with E-state index in [2.05, 4.69) is 71.6 Å². The third kappa shape index (κ3) is 3.89. The summed E-state index contributed by atoms with van der Waals surface area (Å²) in [5.41, 5.74) is 8.65. The van der Waals surface area contributed by atoms with E-state index in [0.717, 1.165) is 17.6 Å². The molecule has 1 aliphatic rings. The van der Waals surface area contributed by atoms with E-state index in [9.17, 15) is 0 Å². The second-order valence-corrected chi connectivity index (χ2v) is 8.55. The van der Waals surface area contributed by atoms with Crippen LogP contribution in [0.1, 0.15) is 38.8 Å². The Morgan fingerprint density at radius 2 is 2.11 bits per heavy atom. The number of nitrogens with zero attached hydrogens (tertiary/aromatic N) is 1. The van der Waals surface area contributed by atoms with Crippen molar-refractivity contribution in [3.63, 3.8) is 0 Å². The lowest BCUT2D eigenvalue weighted by atomic mass is 10.0. The van der Waals surface area contributed by atoms with Crippen molar-refractivity contribution in [3.8, 4) is 0 Å². The van der Waals surface area contributed by atoms with Crippen LogP contribution in [-0.4, -0.2) is 23.6 Å². The smallest absolute Gasteiger partial charge is 0.0426 e. The van der Waals surface area contributed by atoms with Crippen molar-refractivity contribution in [2.24, 2.45) is 5.73 Å². The predicted octanol–water partition coefficient (Wildman–Crippen LogP) is 4.19. The fourth-order valence-electron chi connectivity index (χ4n) is 2.44. The van der Waals surface area contributed by atoms with Crippen molar-refractivity contribution in [2.75, 3.05) is 23.7 Å². The van der Waals surface area contributed by atoms with Gasteiger partial charge in [-0.1, -0.05) is 35.8 Å². The number of nitrogens with two attached hydrogens (primary N) is 1. The Kier molecular flexibility index (Phi) is 4.85. The molecule has 4 heteroatoms. The Morgan fingerprint density at radius 3 is 2.79 bits per heavy atom. The molecule has 0 saturated carbocycles. The summed E-state index contributed by atoms with van der Waals surface area (Å²) in [6, 6.07) is 6.51. The van der Waals surface area contributed by atoms with Crippen molar-refractivity contribution in [1.82, 2.24) is 0 Å². The Balaban J connectivity index is 2.28. The van der Waals surface area contributed by atoms with Gasteiger partial charge >= 0.3 is 0 Å². The van der Waals surface area contributed by atoms with Crippen LogP contribution in [0.15, 0.2) is 22.7 Å². The molecule has 0 radical (unpaired) electrons. The summed E-state index contributed by atoms with van der Waals surface area (Å²) in [6.07, 6.45) is 1.21. The second-order valence-electron chi connectivity index (χ2n) is 5.84. The minimum Gasteiger partial charge on any atom is -0.370 e. The van der Waals surface area contributed by atoms with Crippen LogP contribution in [0.25, 0.3) is 0 Å². The van der Waals surface area contributed by atoms with E-state index in [1.165, 1.54) is 23.4 Å². The van der Waals surface area contributed by atoms with Gasteiger partial charge in [-0.2, -0.15) is 11.8 Å². The molecule has 1 saturated heterocycles. The van der Waals surface area contributed by atoms with Crippen molar-refractivity contribution >= 4 is 33.4 Å². The molecule has 1 atom stereocenters. The van der Waals surface area contributed by atoms with Gasteiger partial charge in [-0.25, -0.2) is 0 Å². The second kappa shape index (κ2) is 6.06. The lowest BCUT2D eigenvalue weighted by Gasteiger charge is -2.27. The molecule has 2 nitrogen and oxygen atoms in total. The summed E-state index contributed by atoms with van der Waals surface area (Å²) >= 11 is 5.65. The first-order valence-electron chi connectivity index (χ1n) is 6.83. The highest BCUT2D eigenvalue weighted by molar-refractivity contribution is 9.10. The first kappa shape index (κ1) is 15.2. The lowest BCUT2D eigenvalue weighted by molar-refractivity contribution is 0.635. The quantitative estimate of drug-likeness (QED) is 0.873. The molecule has 0 bridgehead atoms. The molecule has 0 spiro atoms. The normalized spacial score (nSPS) is 21.0. The molecule has 1 heterocycles. The molecule has 1 aromatic rings. The number of hydrogen-bond acceptors (Lipinski definition) is 3. The Labute approximate surface area is 129 Å². The topological polar surface area (TPSA) is 29.3 Å². The molecule has 19 heavy (non-hydrogen) atoms. The Morgan fingerprint density at radius 1 is 1.37 bits per heavy atom. The highest BCUT2D eigenvalue weighted by atomic mass is 79.9. The van der Waals surface area contributed by atoms with E-state index in [1.54, 1.807) is 0 Å². The van der Waals surface area contributed by atoms with Gasteiger partial charge in [0.15, 0.2) is 0 Å². The fraction of sp³-hybridized carbons (Fsp3) is 0.600. The summed E-state index contributed by atoms with van der Waals surface area (Å²) in [7, 11) is 0. The van der Waals surface area contributed by atoms with Crippen molar-refractivity contribution in [2.45, 2.75) is 38.0 Å². The Bertz CT molecular complexity index is 446. The molecular formula is C15H23BrN2S. The van der Waals surface area contributed by atoms with E-state index < -0.39 is 0 Å². The van der Waals surface area contributed by atoms with Gasteiger partial charge in [-0.15, -0.1) is 0 Å². The first-order valence-corrected chi connectivity index (χ1v) is 8.61. The first-order chi connectivity index (χ1) is 8.89. The molecular weight excluding hydrogens is 320 g/mol. The summed E-state index contributed by atoms with van der Waals surface area (Å²) in [5, 5.41) is 0. The number of hydrogen-bond donors (Lipinski definition) is 1. The zero-order valence-corrected chi connectivity index (χ0v) is 14.4. The van der Waals surface area contributed by atoms with Gasteiger partial charge in [0.2, 0.25) is 0 Å². The predicted molar refractivity (Wildman–Crippen MR) is 90.1 cm³/mol. The van der Waals surface area contributed by atoms with Gasteiger partial charge < -0.3 is 10.6 Å². The molecule has 0 amide bonds. The molecule has 1 aromatic carbocycles. The van der Waals surface area contributed by atoms with Crippen LogP contribution in [-0.2, 0) is 0 Å². The van der Waals surface area contributed by atoms with Crippen LogP contribution < -0.4 is 10.6 Å². The monoisotopic (exact) mass is 342 g/mol. The summed E-state index contributed by atoms with van der Waals surface area (Å²) < 4.78 is 1.51. The van der Waals surface area contributed by atoms with E-state index in [1.807, 2.05) is 0 Å². The van der Waals surface area contributed by atoms with Crippen molar-refractivity contribution in [3.05, 3.63) is 28.2 Å². The third-order valence-electron chi connectivity index (χ3n) is 3.66. The number of halogens is 1. The minimum atomic E-state index is 0.0759. The average molecular weight is 343 g/mol. The van der Waals surface area contributed by atoms with Crippen LogP contribution in [0.2, 0.25) is 0 Å². The summed E-state index contributed by atoms with van der Waals surface area (Å²) in [4.78, 5) is 2.49. The maximum atomic E-state index is 6.12. The lowest BCUT2D eigenvalue weighted by Crippen LogP contribution is -2.28. The van der Waals surface area contributed by atoms with Gasteiger partial charge in [0.25, 0.3) is 0 Å². The highest BCUT2D eigenvalue weighted by Crippen LogP contribution is 2.35. The standard InChI is InChI=1S/C15H23BrN2S/c1-11(17)13-5-4-12(16)10-14(13)18-7-6-15(2,3)19-9-8-18/h4-5,10-11H,6-9,17H2,1-3H3. The Hall–Kier alpha value is -0.190. The van der Waals surface area contributed by atoms with E-state index in [4.69, 9.17) is 5.73 Å². The average Bonchev–Trinajstić information content (AvgIpc) is 2.49. The maximum Gasteiger partial charge on any atom is 0.0426 e. The molecule has 106 valence electrons. The number of benzene rings is 1.